The zero-order valence-electron chi connectivity index (χ0n) is 17.3. The Morgan fingerprint density at radius 1 is 1.16 bits per heavy atom. The summed E-state index contributed by atoms with van der Waals surface area (Å²) in [4.78, 5) is 24.9. The zero-order valence-corrected chi connectivity index (χ0v) is 18.1. The second-order valence-corrected chi connectivity index (χ2v) is 9.42. The Morgan fingerprint density at radius 2 is 1.90 bits per heavy atom. The van der Waals surface area contributed by atoms with Gasteiger partial charge in [0.05, 0.1) is 10.8 Å². The van der Waals surface area contributed by atoms with Crippen LogP contribution in [0.1, 0.15) is 36.5 Å². The van der Waals surface area contributed by atoms with Gasteiger partial charge in [0.1, 0.15) is 5.82 Å². The van der Waals surface area contributed by atoms with E-state index in [1.165, 1.54) is 16.4 Å². The van der Waals surface area contributed by atoms with Gasteiger partial charge in [-0.3, -0.25) is 9.59 Å². The Balaban J connectivity index is 1.67. The fourth-order valence-electron chi connectivity index (χ4n) is 3.45. The molecule has 0 bridgehead atoms. The fourth-order valence-corrected chi connectivity index (χ4v) is 4.98. The summed E-state index contributed by atoms with van der Waals surface area (Å²) < 4.78 is 40.1. The van der Waals surface area contributed by atoms with Crippen molar-refractivity contribution in [2.45, 2.75) is 31.1 Å². The number of nitrogens with zero attached hydrogens (tertiary/aromatic N) is 1. The number of rotatable bonds is 7. The van der Waals surface area contributed by atoms with Gasteiger partial charge < -0.3 is 10.6 Å². The lowest BCUT2D eigenvalue weighted by atomic mass is 9.98. The largest absolute Gasteiger partial charge is 0.352 e. The van der Waals surface area contributed by atoms with Gasteiger partial charge in [0.2, 0.25) is 15.9 Å². The molecule has 0 radical (unpaired) electrons. The molecule has 0 aromatic heterocycles. The summed E-state index contributed by atoms with van der Waals surface area (Å²) in [6.45, 7) is 2.87. The third-order valence-corrected chi connectivity index (χ3v) is 7.01. The van der Waals surface area contributed by atoms with E-state index in [0.29, 0.717) is 37.2 Å². The Kier molecular flexibility index (Phi) is 7.40. The van der Waals surface area contributed by atoms with Crippen LogP contribution in [-0.4, -0.2) is 44.2 Å². The molecule has 1 aliphatic heterocycles. The number of hydrogen-bond acceptors (Lipinski definition) is 4. The maximum absolute atomic E-state index is 13.1. The second-order valence-electron chi connectivity index (χ2n) is 7.48. The maximum atomic E-state index is 13.1. The van der Waals surface area contributed by atoms with Gasteiger partial charge in [0, 0.05) is 30.9 Å². The number of piperidine rings is 1. The predicted molar refractivity (Wildman–Crippen MR) is 116 cm³/mol. The van der Waals surface area contributed by atoms with Crippen LogP contribution < -0.4 is 10.6 Å². The minimum Gasteiger partial charge on any atom is -0.352 e. The molecule has 9 heteroatoms. The molecule has 0 saturated carbocycles. The van der Waals surface area contributed by atoms with Gasteiger partial charge >= 0.3 is 0 Å². The van der Waals surface area contributed by atoms with E-state index in [1.807, 2.05) is 6.92 Å². The number of anilines is 1. The monoisotopic (exact) mass is 447 g/mol. The van der Waals surface area contributed by atoms with E-state index in [2.05, 4.69) is 10.6 Å². The average Bonchev–Trinajstić information content (AvgIpc) is 2.78. The highest BCUT2D eigenvalue weighted by molar-refractivity contribution is 7.89. The Morgan fingerprint density at radius 3 is 2.61 bits per heavy atom. The number of halogens is 1. The quantitative estimate of drug-likeness (QED) is 0.682. The van der Waals surface area contributed by atoms with Crippen molar-refractivity contribution in [3.8, 4) is 0 Å². The lowest BCUT2D eigenvalue weighted by molar-refractivity contribution is -0.120. The van der Waals surface area contributed by atoms with Gasteiger partial charge in [-0.2, -0.15) is 4.31 Å². The van der Waals surface area contributed by atoms with Gasteiger partial charge in [-0.1, -0.05) is 13.0 Å². The Hall–Kier alpha value is -2.78. The number of hydrogen-bond donors (Lipinski definition) is 2. The number of nitrogens with one attached hydrogen (secondary N) is 2. The molecule has 3 rings (SSSR count). The highest BCUT2D eigenvalue weighted by atomic mass is 32.2. The first-order valence-electron chi connectivity index (χ1n) is 10.3. The standard InChI is InChI=1S/C22H26FN3O4S/c1-2-12-24-21(27)16-5-3-7-19(14-16)25-22(28)17-6-4-13-26(15-17)31(29,30)20-10-8-18(23)9-11-20/h3,5,7-11,14,17H,2,4,6,12-13,15H2,1H3,(H,24,27)(H,25,28). The van der Waals surface area contributed by atoms with E-state index in [4.69, 9.17) is 0 Å². The third kappa shape index (κ3) is 5.68. The molecular formula is C22H26FN3O4S. The molecule has 0 aliphatic carbocycles. The number of carbonyl (C=O) groups is 2. The second kappa shape index (κ2) is 10.0. The van der Waals surface area contributed by atoms with Crippen molar-refractivity contribution in [2.75, 3.05) is 25.0 Å². The summed E-state index contributed by atoms with van der Waals surface area (Å²) in [6.07, 6.45) is 1.91. The fraction of sp³-hybridized carbons (Fsp3) is 0.364. The number of carbonyl (C=O) groups excluding carboxylic acids is 2. The molecule has 31 heavy (non-hydrogen) atoms. The molecule has 0 spiro atoms. The highest BCUT2D eigenvalue weighted by Crippen LogP contribution is 2.25. The summed E-state index contributed by atoms with van der Waals surface area (Å²) in [5.74, 6) is -1.56. The number of benzene rings is 2. The maximum Gasteiger partial charge on any atom is 0.251 e. The molecule has 2 aromatic rings. The number of amides is 2. The number of sulfonamides is 1. The van der Waals surface area contributed by atoms with Crippen LogP contribution in [0.2, 0.25) is 0 Å². The molecule has 166 valence electrons. The van der Waals surface area contributed by atoms with Crippen molar-refractivity contribution < 1.29 is 22.4 Å². The van der Waals surface area contributed by atoms with Gasteiger partial charge in [0.15, 0.2) is 0 Å². The summed E-state index contributed by atoms with van der Waals surface area (Å²) >= 11 is 0. The van der Waals surface area contributed by atoms with E-state index in [0.717, 1.165) is 18.6 Å². The normalized spacial score (nSPS) is 17.2. The highest BCUT2D eigenvalue weighted by Gasteiger charge is 2.33. The molecule has 1 heterocycles. The van der Waals surface area contributed by atoms with Crippen LogP contribution in [0.5, 0.6) is 0 Å². The first-order valence-corrected chi connectivity index (χ1v) is 11.7. The van der Waals surface area contributed by atoms with E-state index in [9.17, 15) is 22.4 Å². The molecule has 1 atom stereocenters. The summed E-state index contributed by atoms with van der Waals surface area (Å²) in [6, 6.07) is 11.3. The van der Waals surface area contributed by atoms with Crippen molar-refractivity contribution >= 4 is 27.5 Å². The zero-order chi connectivity index (χ0) is 22.4. The van der Waals surface area contributed by atoms with Crippen LogP contribution in [0, 0.1) is 11.7 Å². The Labute approximate surface area is 181 Å². The molecule has 2 aromatic carbocycles. The van der Waals surface area contributed by atoms with Crippen molar-refractivity contribution in [1.29, 1.82) is 0 Å². The molecule has 7 nitrogen and oxygen atoms in total. The van der Waals surface area contributed by atoms with Gasteiger partial charge in [-0.25, -0.2) is 12.8 Å². The van der Waals surface area contributed by atoms with Crippen LogP contribution in [0.3, 0.4) is 0 Å². The van der Waals surface area contributed by atoms with Crippen LogP contribution >= 0.6 is 0 Å². The molecule has 2 amide bonds. The minimum atomic E-state index is -3.81. The van der Waals surface area contributed by atoms with E-state index in [1.54, 1.807) is 24.3 Å². The van der Waals surface area contributed by atoms with Gasteiger partial charge in [-0.15, -0.1) is 0 Å². The smallest absolute Gasteiger partial charge is 0.251 e. The molecule has 2 N–H and O–H groups in total. The SMILES string of the molecule is CCCNC(=O)c1cccc(NC(=O)C2CCCN(S(=O)(=O)c3ccc(F)cc3)C2)c1. The Bertz CT molecular complexity index is 1040. The van der Waals surface area contributed by atoms with E-state index >= 15 is 0 Å². The van der Waals surface area contributed by atoms with Crippen molar-refractivity contribution in [2.24, 2.45) is 5.92 Å². The van der Waals surface area contributed by atoms with E-state index in [-0.39, 0.29) is 23.3 Å². The average molecular weight is 448 g/mol. The van der Waals surface area contributed by atoms with Crippen LogP contribution in [0.15, 0.2) is 53.4 Å². The van der Waals surface area contributed by atoms with Crippen molar-refractivity contribution in [1.82, 2.24) is 9.62 Å². The van der Waals surface area contributed by atoms with Crippen LogP contribution in [0.25, 0.3) is 0 Å². The summed E-state index contributed by atoms with van der Waals surface area (Å²) in [5, 5.41) is 5.58. The van der Waals surface area contributed by atoms with Crippen LogP contribution in [0.4, 0.5) is 10.1 Å². The molecule has 1 saturated heterocycles. The lowest BCUT2D eigenvalue weighted by Crippen LogP contribution is -2.43. The minimum absolute atomic E-state index is 0.000695. The van der Waals surface area contributed by atoms with Gasteiger partial charge in [0.25, 0.3) is 5.91 Å². The topological polar surface area (TPSA) is 95.6 Å². The third-order valence-electron chi connectivity index (χ3n) is 5.13. The van der Waals surface area contributed by atoms with Crippen LogP contribution in [-0.2, 0) is 14.8 Å². The van der Waals surface area contributed by atoms with E-state index < -0.39 is 21.8 Å². The molecule has 1 aliphatic rings. The molecule has 1 unspecified atom stereocenters. The summed E-state index contributed by atoms with van der Waals surface area (Å²) in [7, 11) is -3.81. The first kappa shape index (κ1) is 22.9. The first-order chi connectivity index (χ1) is 14.8. The van der Waals surface area contributed by atoms with Gasteiger partial charge in [-0.05, 0) is 61.7 Å². The molecule has 1 fully saturated rings. The lowest BCUT2D eigenvalue weighted by Gasteiger charge is -2.31. The van der Waals surface area contributed by atoms with Crippen molar-refractivity contribution in [3.05, 3.63) is 59.9 Å². The van der Waals surface area contributed by atoms with Crippen molar-refractivity contribution in [3.63, 3.8) is 0 Å². The predicted octanol–water partition coefficient (Wildman–Crippen LogP) is 3.00. The summed E-state index contributed by atoms with van der Waals surface area (Å²) in [5.41, 5.74) is 0.920. The molecular weight excluding hydrogens is 421 g/mol.